The van der Waals surface area contributed by atoms with E-state index in [0.29, 0.717) is 11.8 Å². The summed E-state index contributed by atoms with van der Waals surface area (Å²) in [4.78, 5) is 0. The molecule has 2 N–H and O–H groups in total. The molecule has 3 unspecified atom stereocenters. The predicted octanol–water partition coefficient (Wildman–Crippen LogP) is 2.97. The standard InChI is InChI=1S/C12H16FN/c1-3-8-7(2)12(14)9-5-4-6-10(13)11(8)9/h4-8,12H,3,14H2,1-2H3. The largest absolute Gasteiger partial charge is 0.324 e. The minimum atomic E-state index is -0.0887. The molecule has 1 aromatic carbocycles. The maximum Gasteiger partial charge on any atom is 0.127 e. The van der Waals surface area contributed by atoms with Gasteiger partial charge in [0.15, 0.2) is 0 Å². The zero-order valence-electron chi connectivity index (χ0n) is 8.63. The van der Waals surface area contributed by atoms with Crippen molar-refractivity contribution in [1.82, 2.24) is 0 Å². The lowest BCUT2D eigenvalue weighted by molar-refractivity contribution is 0.415. The lowest BCUT2D eigenvalue weighted by Crippen LogP contribution is -2.15. The third kappa shape index (κ3) is 1.17. The summed E-state index contributed by atoms with van der Waals surface area (Å²) in [5.74, 6) is 0.558. The smallest absolute Gasteiger partial charge is 0.127 e. The van der Waals surface area contributed by atoms with Crippen LogP contribution in [0.1, 0.15) is 43.4 Å². The van der Waals surface area contributed by atoms with E-state index in [2.05, 4.69) is 13.8 Å². The molecule has 14 heavy (non-hydrogen) atoms. The molecule has 1 aromatic rings. The molecule has 1 aliphatic rings. The van der Waals surface area contributed by atoms with Crippen LogP contribution in [0.3, 0.4) is 0 Å². The van der Waals surface area contributed by atoms with Crippen LogP contribution in [0.25, 0.3) is 0 Å². The Morgan fingerprint density at radius 2 is 2.14 bits per heavy atom. The third-order valence-corrected chi connectivity index (χ3v) is 3.46. The number of fused-ring (bicyclic) bond motifs is 1. The van der Waals surface area contributed by atoms with E-state index in [9.17, 15) is 4.39 Å². The molecule has 1 aliphatic carbocycles. The van der Waals surface area contributed by atoms with Crippen molar-refractivity contribution in [3.63, 3.8) is 0 Å². The van der Waals surface area contributed by atoms with Gasteiger partial charge in [-0.15, -0.1) is 0 Å². The van der Waals surface area contributed by atoms with Crippen LogP contribution in [-0.4, -0.2) is 0 Å². The summed E-state index contributed by atoms with van der Waals surface area (Å²) in [7, 11) is 0. The minimum absolute atomic E-state index is 0.00523. The molecule has 0 spiro atoms. The Labute approximate surface area is 84.1 Å². The number of rotatable bonds is 1. The first-order valence-electron chi connectivity index (χ1n) is 5.20. The number of hydrogen-bond donors (Lipinski definition) is 1. The van der Waals surface area contributed by atoms with Crippen molar-refractivity contribution in [2.75, 3.05) is 0 Å². The fourth-order valence-electron chi connectivity index (χ4n) is 2.61. The van der Waals surface area contributed by atoms with Gasteiger partial charge in [0, 0.05) is 6.04 Å². The average Bonchev–Trinajstić information content (AvgIpc) is 2.43. The Kier molecular flexibility index (Phi) is 2.31. The quantitative estimate of drug-likeness (QED) is 0.729. The molecule has 0 radical (unpaired) electrons. The maximum atomic E-state index is 13.6. The van der Waals surface area contributed by atoms with E-state index in [0.717, 1.165) is 17.5 Å². The fourth-order valence-corrected chi connectivity index (χ4v) is 2.61. The van der Waals surface area contributed by atoms with Crippen LogP contribution in [0.2, 0.25) is 0 Å². The van der Waals surface area contributed by atoms with Gasteiger partial charge in [-0.2, -0.15) is 0 Å². The Morgan fingerprint density at radius 1 is 1.43 bits per heavy atom. The van der Waals surface area contributed by atoms with Crippen molar-refractivity contribution in [3.05, 3.63) is 35.1 Å². The molecule has 0 aromatic heterocycles. The number of nitrogens with two attached hydrogens (primary N) is 1. The highest BCUT2D eigenvalue weighted by Gasteiger charge is 2.36. The molecule has 2 heteroatoms. The molecule has 0 saturated carbocycles. The van der Waals surface area contributed by atoms with E-state index in [1.54, 1.807) is 6.07 Å². The van der Waals surface area contributed by atoms with Gasteiger partial charge in [-0.1, -0.05) is 26.0 Å². The molecule has 0 amide bonds. The van der Waals surface area contributed by atoms with Crippen LogP contribution in [0.4, 0.5) is 4.39 Å². The van der Waals surface area contributed by atoms with Gasteiger partial charge in [0.25, 0.3) is 0 Å². The van der Waals surface area contributed by atoms with Gasteiger partial charge in [0.2, 0.25) is 0 Å². The zero-order valence-corrected chi connectivity index (χ0v) is 8.63. The van der Waals surface area contributed by atoms with Crippen molar-refractivity contribution < 1.29 is 4.39 Å². The summed E-state index contributed by atoms with van der Waals surface area (Å²) in [6.07, 6.45) is 0.961. The zero-order chi connectivity index (χ0) is 10.3. The predicted molar refractivity (Wildman–Crippen MR) is 55.5 cm³/mol. The molecule has 1 nitrogen and oxygen atoms in total. The monoisotopic (exact) mass is 193 g/mol. The van der Waals surface area contributed by atoms with Gasteiger partial charge in [0.1, 0.15) is 5.82 Å². The van der Waals surface area contributed by atoms with E-state index in [-0.39, 0.29) is 11.9 Å². The first-order chi connectivity index (χ1) is 6.66. The van der Waals surface area contributed by atoms with Crippen LogP contribution in [-0.2, 0) is 0 Å². The normalized spacial score (nSPS) is 30.4. The highest BCUT2D eigenvalue weighted by Crippen LogP contribution is 2.46. The number of halogens is 1. The molecule has 3 atom stereocenters. The van der Waals surface area contributed by atoms with Crippen LogP contribution >= 0.6 is 0 Å². The van der Waals surface area contributed by atoms with Crippen LogP contribution in [0, 0.1) is 11.7 Å². The van der Waals surface area contributed by atoms with Gasteiger partial charge < -0.3 is 5.73 Å². The average molecular weight is 193 g/mol. The topological polar surface area (TPSA) is 26.0 Å². The van der Waals surface area contributed by atoms with Crippen LogP contribution in [0.5, 0.6) is 0 Å². The van der Waals surface area contributed by atoms with Gasteiger partial charge in [-0.05, 0) is 35.4 Å². The fraction of sp³-hybridized carbons (Fsp3) is 0.500. The van der Waals surface area contributed by atoms with E-state index in [4.69, 9.17) is 5.73 Å². The Bertz CT molecular complexity index is 348. The van der Waals surface area contributed by atoms with Crippen LogP contribution < -0.4 is 5.73 Å². The number of hydrogen-bond acceptors (Lipinski definition) is 1. The van der Waals surface area contributed by atoms with Gasteiger partial charge >= 0.3 is 0 Å². The van der Waals surface area contributed by atoms with Crippen molar-refractivity contribution in [3.8, 4) is 0 Å². The van der Waals surface area contributed by atoms with Gasteiger partial charge in [-0.25, -0.2) is 4.39 Å². The second-order valence-corrected chi connectivity index (χ2v) is 4.14. The van der Waals surface area contributed by atoms with Crippen molar-refractivity contribution in [2.24, 2.45) is 11.7 Å². The lowest BCUT2D eigenvalue weighted by Gasteiger charge is -2.16. The minimum Gasteiger partial charge on any atom is -0.324 e. The summed E-state index contributed by atoms with van der Waals surface area (Å²) in [6.45, 7) is 4.20. The van der Waals surface area contributed by atoms with Gasteiger partial charge in [-0.3, -0.25) is 0 Å². The van der Waals surface area contributed by atoms with E-state index < -0.39 is 0 Å². The Morgan fingerprint density at radius 3 is 2.79 bits per heavy atom. The van der Waals surface area contributed by atoms with Crippen molar-refractivity contribution in [1.29, 1.82) is 0 Å². The maximum absolute atomic E-state index is 13.6. The molecule has 0 aliphatic heterocycles. The summed E-state index contributed by atoms with van der Waals surface area (Å²) in [5.41, 5.74) is 7.92. The Hall–Kier alpha value is -0.890. The summed E-state index contributed by atoms with van der Waals surface area (Å²) >= 11 is 0. The van der Waals surface area contributed by atoms with Crippen LogP contribution in [0.15, 0.2) is 18.2 Å². The summed E-state index contributed by atoms with van der Waals surface area (Å²) < 4.78 is 13.6. The molecular formula is C12H16FN. The first-order valence-corrected chi connectivity index (χ1v) is 5.20. The van der Waals surface area contributed by atoms with E-state index >= 15 is 0 Å². The summed E-state index contributed by atoms with van der Waals surface area (Å²) in [5, 5.41) is 0. The molecule has 0 fully saturated rings. The van der Waals surface area contributed by atoms with Gasteiger partial charge in [0.05, 0.1) is 0 Å². The van der Waals surface area contributed by atoms with Crippen molar-refractivity contribution >= 4 is 0 Å². The SMILES string of the molecule is CCC1c2c(F)cccc2C(N)C1C. The second kappa shape index (κ2) is 3.35. The number of benzene rings is 1. The highest BCUT2D eigenvalue weighted by atomic mass is 19.1. The molecular weight excluding hydrogens is 177 g/mol. The highest BCUT2D eigenvalue weighted by molar-refractivity contribution is 5.40. The Balaban J connectivity index is 2.56. The van der Waals surface area contributed by atoms with Crippen molar-refractivity contribution in [2.45, 2.75) is 32.2 Å². The molecule has 0 heterocycles. The lowest BCUT2D eigenvalue weighted by atomic mass is 9.90. The molecule has 2 rings (SSSR count). The molecule has 0 saturated heterocycles. The molecule has 76 valence electrons. The third-order valence-electron chi connectivity index (χ3n) is 3.46. The molecule has 0 bridgehead atoms. The first kappa shape index (κ1) is 9.66. The summed E-state index contributed by atoms with van der Waals surface area (Å²) in [6, 6.07) is 5.24. The second-order valence-electron chi connectivity index (χ2n) is 4.14. The van der Waals surface area contributed by atoms with E-state index in [1.807, 2.05) is 6.07 Å². The van der Waals surface area contributed by atoms with E-state index in [1.165, 1.54) is 6.07 Å².